The molecular weight excluding hydrogens is 540 g/mol. The molecule has 0 radical (unpaired) electrons. The molecule has 0 saturated carbocycles. The molecule has 2 aromatic rings. The van der Waals surface area contributed by atoms with E-state index in [-0.39, 0.29) is 48.7 Å². The van der Waals surface area contributed by atoms with Gasteiger partial charge in [0.1, 0.15) is 6.04 Å². The van der Waals surface area contributed by atoms with Gasteiger partial charge in [0, 0.05) is 13.1 Å². The molecule has 0 bridgehead atoms. The quantitative estimate of drug-likeness (QED) is 0.262. The van der Waals surface area contributed by atoms with Gasteiger partial charge in [-0.05, 0) is 56.5 Å². The van der Waals surface area contributed by atoms with Gasteiger partial charge in [0.25, 0.3) is 0 Å². The van der Waals surface area contributed by atoms with Crippen molar-refractivity contribution < 1.29 is 23.1 Å². The minimum atomic E-state index is -3.89. The molecule has 2 amide bonds. The summed E-state index contributed by atoms with van der Waals surface area (Å²) in [5, 5.41) is 17.3. The Hall–Kier alpha value is -2.79. The van der Waals surface area contributed by atoms with Gasteiger partial charge in [-0.15, -0.1) is 0 Å². The summed E-state index contributed by atoms with van der Waals surface area (Å²) in [7, 11) is -0.336. The predicted molar refractivity (Wildman–Crippen MR) is 163 cm³/mol. The third-order valence-corrected chi connectivity index (χ3v) is 8.97. The number of amides is 2. The minimum Gasteiger partial charge on any atom is -0.390 e. The van der Waals surface area contributed by atoms with Crippen molar-refractivity contribution in [2.75, 3.05) is 33.7 Å². The number of aliphatic hydroxyl groups excluding tert-OH is 1. The third-order valence-electron chi connectivity index (χ3n) is 7.09. The van der Waals surface area contributed by atoms with Crippen LogP contribution in [0.4, 0.5) is 0 Å². The first kappa shape index (κ1) is 34.4. The fraction of sp³-hybridized carbons (Fsp3) is 0.548. The van der Waals surface area contributed by atoms with E-state index in [2.05, 4.69) is 10.6 Å². The summed E-state index contributed by atoms with van der Waals surface area (Å²) >= 11 is 0. The van der Waals surface area contributed by atoms with Crippen molar-refractivity contribution >= 4 is 21.8 Å². The second kappa shape index (κ2) is 16.6. The number of benzene rings is 2. The maximum atomic E-state index is 13.6. The molecule has 228 valence electrons. The summed E-state index contributed by atoms with van der Waals surface area (Å²) in [5.74, 6) is -0.588. The highest BCUT2D eigenvalue weighted by Gasteiger charge is 2.33. The van der Waals surface area contributed by atoms with E-state index in [9.17, 15) is 23.1 Å². The molecule has 9 nitrogen and oxygen atoms in total. The van der Waals surface area contributed by atoms with Crippen molar-refractivity contribution in [1.82, 2.24) is 19.8 Å². The zero-order valence-corrected chi connectivity index (χ0v) is 26.1. The summed E-state index contributed by atoms with van der Waals surface area (Å²) in [6.07, 6.45) is 0.350. The molecule has 0 aliphatic heterocycles. The number of hydrogen-bond acceptors (Lipinski definition) is 6. The maximum Gasteiger partial charge on any atom is 0.243 e. The van der Waals surface area contributed by atoms with Gasteiger partial charge in [0.15, 0.2) is 0 Å². The maximum absolute atomic E-state index is 13.6. The topological polar surface area (TPSA) is 119 Å². The van der Waals surface area contributed by atoms with Crippen LogP contribution in [-0.2, 0) is 26.0 Å². The zero-order chi connectivity index (χ0) is 30.6. The summed E-state index contributed by atoms with van der Waals surface area (Å²) in [4.78, 5) is 28.0. The summed E-state index contributed by atoms with van der Waals surface area (Å²) in [6, 6.07) is 16.0. The molecule has 0 aliphatic carbocycles. The average molecular weight is 589 g/mol. The van der Waals surface area contributed by atoms with Gasteiger partial charge in [0.05, 0.1) is 23.6 Å². The molecule has 41 heavy (non-hydrogen) atoms. The van der Waals surface area contributed by atoms with Gasteiger partial charge in [-0.25, -0.2) is 8.42 Å². The number of carbonyl (C=O) groups excluding carboxylic acids is 2. The van der Waals surface area contributed by atoms with Crippen molar-refractivity contribution in [3.8, 4) is 0 Å². The van der Waals surface area contributed by atoms with E-state index in [0.29, 0.717) is 12.8 Å². The Kier molecular flexibility index (Phi) is 13.9. The highest BCUT2D eigenvalue weighted by molar-refractivity contribution is 7.89. The lowest BCUT2D eigenvalue weighted by molar-refractivity contribution is -0.131. The second-order valence-electron chi connectivity index (χ2n) is 11.4. The molecule has 10 heteroatoms. The Labute approximate surface area is 246 Å². The largest absolute Gasteiger partial charge is 0.390 e. The highest BCUT2D eigenvalue weighted by Crippen LogP contribution is 2.19. The Bertz CT molecular complexity index is 1180. The van der Waals surface area contributed by atoms with Gasteiger partial charge < -0.3 is 20.6 Å². The first-order chi connectivity index (χ1) is 19.3. The van der Waals surface area contributed by atoms with Crippen LogP contribution in [0.1, 0.15) is 46.1 Å². The van der Waals surface area contributed by atoms with Crippen LogP contribution in [-0.4, -0.2) is 86.5 Å². The van der Waals surface area contributed by atoms with E-state index < -0.39 is 34.1 Å². The molecule has 0 heterocycles. The average Bonchev–Trinajstić information content (AvgIpc) is 2.93. The lowest BCUT2D eigenvalue weighted by atomic mass is 9.96. The molecule has 0 spiro atoms. The Morgan fingerprint density at radius 3 is 2.05 bits per heavy atom. The number of nitrogens with one attached hydrogen (secondary N) is 2. The number of carbonyl (C=O) groups is 2. The van der Waals surface area contributed by atoms with Crippen LogP contribution in [0.5, 0.6) is 0 Å². The second-order valence-corrected chi connectivity index (χ2v) is 13.3. The lowest BCUT2D eigenvalue weighted by Gasteiger charge is -2.32. The Morgan fingerprint density at radius 2 is 1.51 bits per heavy atom. The number of sulfonamides is 1. The molecule has 2 aromatic carbocycles. The van der Waals surface area contributed by atoms with Crippen LogP contribution < -0.4 is 10.6 Å². The van der Waals surface area contributed by atoms with Crippen LogP contribution in [0.3, 0.4) is 0 Å². The van der Waals surface area contributed by atoms with Crippen LogP contribution >= 0.6 is 0 Å². The van der Waals surface area contributed by atoms with Gasteiger partial charge in [0.2, 0.25) is 21.8 Å². The molecule has 4 unspecified atom stereocenters. The van der Waals surface area contributed by atoms with Gasteiger partial charge >= 0.3 is 0 Å². The van der Waals surface area contributed by atoms with Crippen molar-refractivity contribution in [2.45, 2.75) is 70.0 Å². The standard InChI is InChI=1S/C31H48N4O5S/c1-7-24(4)30(33-29(37)22-34(5)6)31(38)32-27(20-25-14-10-8-11-15-25)28(36)21-35(19-18-23(2)3)41(39,40)26-16-12-9-13-17-26/h8-17,23-24,27-28,30,36H,7,18-22H2,1-6H3,(H,32,38)(H,33,37). The minimum absolute atomic E-state index is 0.137. The molecule has 0 aromatic heterocycles. The molecular formula is C31H48N4O5S. The van der Waals surface area contributed by atoms with E-state index in [4.69, 9.17) is 0 Å². The summed E-state index contributed by atoms with van der Waals surface area (Å²) in [5.41, 5.74) is 0.883. The van der Waals surface area contributed by atoms with E-state index in [0.717, 1.165) is 5.56 Å². The fourth-order valence-corrected chi connectivity index (χ4v) is 5.92. The summed E-state index contributed by atoms with van der Waals surface area (Å²) < 4.78 is 28.5. The highest BCUT2D eigenvalue weighted by atomic mass is 32.2. The third kappa shape index (κ3) is 11.2. The van der Waals surface area contributed by atoms with Gasteiger partial charge in [-0.3, -0.25) is 9.59 Å². The first-order valence-electron chi connectivity index (χ1n) is 14.4. The van der Waals surface area contributed by atoms with E-state index in [1.54, 1.807) is 49.3 Å². The van der Waals surface area contributed by atoms with E-state index in [1.807, 2.05) is 58.0 Å². The molecule has 4 atom stereocenters. The van der Waals surface area contributed by atoms with Crippen LogP contribution in [0.15, 0.2) is 65.6 Å². The van der Waals surface area contributed by atoms with Crippen LogP contribution in [0.2, 0.25) is 0 Å². The fourth-order valence-electron chi connectivity index (χ4n) is 4.42. The zero-order valence-electron chi connectivity index (χ0n) is 25.3. The number of hydrogen-bond donors (Lipinski definition) is 3. The Morgan fingerprint density at radius 1 is 0.927 bits per heavy atom. The van der Waals surface area contributed by atoms with E-state index in [1.165, 1.54) is 4.31 Å². The van der Waals surface area contributed by atoms with Crippen molar-refractivity contribution in [3.05, 3.63) is 66.2 Å². The molecule has 0 fully saturated rings. The van der Waals surface area contributed by atoms with Crippen molar-refractivity contribution in [1.29, 1.82) is 0 Å². The van der Waals surface area contributed by atoms with Crippen molar-refractivity contribution in [2.24, 2.45) is 11.8 Å². The Balaban J connectivity index is 2.37. The first-order valence-corrected chi connectivity index (χ1v) is 15.8. The lowest BCUT2D eigenvalue weighted by Crippen LogP contribution is -2.57. The molecule has 3 N–H and O–H groups in total. The SMILES string of the molecule is CCC(C)C(NC(=O)CN(C)C)C(=O)NC(Cc1ccccc1)C(O)CN(CCC(C)C)S(=O)(=O)c1ccccc1. The smallest absolute Gasteiger partial charge is 0.243 e. The predicted octanol–water partition coefficient (Wildman–Crippen LogP) is 2.90. The van der Waals surface area contributed by atoms with Crippen molar-refractivity contribution in [3.63, 3.8) is 0 Å². The summed E-state index contributed by atoms with van der Waals surface area (Å²) in [6.45, 7) is 8.04. The van der Waals surface area contributed by atoms with E-state index >= 15 is 0 Å². The van der Waals surface area contributed by atoms with Gasteiger partial charge in [-0.1, -0.05) is 82.6 Å². The van der Waals surface area contributed by atoms with Crippen LogP contribution in [0, 0.1) is 11.8 Å². The van der Waals surface area contributed by atoms with Gasteiger partial charge in [-0.2, -0.15) is 4.31 Å². The molecule has 2 rings (SSSR count). The molecule has 0 saturated heterocycles. The normalized spacial score (nSPS) is 15.0. The number of rotatable bonds is 17. The molecule has 0 aliphatic rings. The number of nitrogens with zero attached hydrogens (tertiary/aromatic N) is 2. The van der Waals surface area contributed by atoms with Crippen LogP contribution in [0.25, 0.3) is 0 Å². The number of likely N-dealkylation sites (N-methyl/N-ethyl adjacent to an activating group) is 1. The monoisotopic (exact) mass is 588 g/mol. The number of aliphatic hydroxyl groups is 1.